The zero-order chi connectivity index (χ0) is 8.98. The van der Waals surface area contributed by atoms with E-state index < -0.39 is 17.4 Å². The molecule has 0 aromatic carbocycles. The van der Waals surface area contributed by atoms with Gasteiger partial charge in [0.2, 0.25) is 5.78 Å². The van der Waals surface area contributed by atoms with Gasteiger partial charge in [-0.15, -0.1) is 0 Å². The first-order valence-corrected chi connectivity index (χ1v) is 3.79. The van der Waals surface area contributed by atoms with Crippen molar-refractivity contribution >= 4 is 5.78 Å². The number of hydrogen-bond acceptors (Lipinski definition) is 2. The number of carbonyl (C=O) groups excluding carboxylic acids is 1. The molecule has 0 radical (unpaired) electrons. The molecule has 0 aromatic heterocycles. The monoisotopic (exact) mass is 179 g/mol. The normalized spacial score (nSPS) is 39.4. The van der Waals surface area contributed by atoms with Crippen molar-refractivity contribution in [1.82, 2.24) is 5.32 Å². The lowest BCUT2D eigenvalue weighted by Crippen LogP contribution is -2.35. The first kappa shape index (κ1) is 8.04. The zero-order valence-electron chi connectivity index (χ0n) is 6.24. The Labute approximate surface area is 67.1 Å². The highest BCUT2D eigenvalue weighted by atomic mass is 19.4. The van der Waals surface area contributed by atoms with Crippen LogP contribution in [0, 0.1) is 11.3 Å². The van der Waals surface area contributed by atoms with Gasteiger partial charge in [0, 0.05) is 6.54 Å². The predicted molar refractivity (Wildman–Crippen MR) is 34.5 cm³/mol. The van der Waals surface area contributed by atoms with Gasteiger partial charge in [-0.05, 0) is 18.9 Å². The molecule has 2 fully saturated rings. The summed E-state index contributed by atoms with van der Waals surface area (Å²) in [6, 6.07) is 0. The average Bonchev–Trinajstić information content (AvgIpc) is 2.52. The minimum absolute atomic E-state index is 0.0633. The third-order valence-corrected chi connectivity index (χ3v) is 2.77. The number of alkyl halides is 3. The third kappa shape index (κ3) is 0.888. The highest BCUT2D eigenvalue weighted by molar-refractivity contribution is 5.93. The van der Waals surface area contributed by atoms with Crippen molar-refractivity contribution in [1.29, 1.82) is 0 Å². The standard InChI is InChI=1S/C7H8F3NO/c8-7(9,10)5(12)6-1-4(6)2-11-3-6/h4,11H,1-3H2. The number of fused-ring (bicyclic) bond motifs is 1. The van der Waals surface area contributed by atoms with Crippen LogP contribution in [0.4, 0.5) is 13.2 Å². The Morgan fingerprint density at radius 2 is 2.17 bits per heavy atom. The van der Waals surface area contributed by atoms with Gasteiger partial charge in [-0.25, -0.2) is 0 Å². The SMILES string of the molecule is O=C(C(F)(F)F)C12CNCC1C2. The summed E-state index contributed by atoms with van der Waals surface area (Å²) in [6.45, 7) is 0.762. The van der Waals surface area contributed by atoms with Crippen molar-refractivity contribution < 1.29 is 18.0 Å². The average molecular weight is 179 g/mol. The minimum Gasteiger partial charge on any atom is -0.315 e. The molecule has 0 amide bonds. The Balaban J connectivity index is 2.16. The van der Waals surface area contributed by atoms with E-state index >= 15 is 0 Å². The lowest BCUT2D eigenvalue weighted by molar-refractivity contribution is -0.176. The second kappa shape index (κ2) is 2.02. The Morgan fingerprint density at radius 3 is 2.50 bits per heavy atom. The van der Waals surface area contributed by atoms with E-state index in [-0.39, 0.29) is 12.5 Å². The van der Waals surface area contributed by atoms with E-state index in [0.29, 0.717) is 13.0 Å². The highest BCUT2D eigenvalue weighted by Gasteiger charge is 2.68. The molecule has 2 aliphatic rings. The molecule has 1 N–H and O–H groups in total. The van der Waals surface area contributed by atoms with Gasteiger partial charge < -0.3 is 5.32 Å². The van der Waals surface area contributed by atoms with Crippen LogP contribution in [0.3, 0.4) is 0 Å². The summed E-state index contributed by atoms with van der Waals surface area (Å²) in [5, 5.41) is 2.79. The van der Waals surface area contributed by atoms with Gasteiger partial charge in [0.25, 0.3) is 0 Å². The van der Waals surface area contributed by atoms with E-state index in [9.17, 15) is 18.0 Å². The molecule has 1 saturated heterocycles. The fourth-order valence-corrected chi connectivity index (χ4v) is 1.97. The molecule has 1 aliphatic heterocycles. The van der Waals surface area contributed by atoms with Crippen LogP contribution in [0.5, 0.6) is 0 Å². The van der Waals surface area contributed by atoms with Gasteiger partial charge in [-0.2, -0.15) is 13.2 Å². The summed E-state index contributed by atoms with van der Waals surface area (Å²) in [4.78, 5) is 10.9. The van der Waals surface area contributed by atoms with Crippen LogP contribution in [0.1, 0.15) is 6.42 Å². The molecule has 0 spiro atoms. The summed E-state index contributed by atoms with van der Waals surface area (Å²) in [5.74, 6) is -1.60. The minimum atomic E-state index is -4.65. The van der Waals surface area contributed by atoms with Gasteiger partial charge in [-0.3, -0.25) is 4.79 Å². The first-order chi connectivity index (χ1) is 5.47. The molecule has 68 valence electrons. The fourth-order valence-electron chi connectivity index (χ4n) is 1.97. The maximum absolute atomic E-state index is 12.0. The quantitative estimate of drug-likeness (QED) is 0.642. The molecule has 2 rings (SSSR count). The van der Waals surface area contributed by atoms with E-state index in [2.05, 4.69) is 5.32 Å². The molecular weight excluding hydrogens is 171 g/mol. The van der Waals surface area contributed by atoms with Gasteiger partial charge in [0.15, 0.2) is 0 Å². The van der Waals surface area contributed by atoms with Crippen molar-refractivity contribution in [3.63, 3.8) is 0 Å². The number of hydrogen-bond donors (Lipinski definition) is 1. The fraction of sp³-hybridized carbons (Fsp3) is 0.857. The van der Waals surface area contributed by atoms with Crippen LogP contribution in [0.25, 0.3) is 0 Å². The number of Topliss-reactive ketones (excluding diaryl/α,β-unsaturated/α-hetero) is 1. The lowest BCUT2D eigenvalue weighted by atomic mass is 10.00. The van der Waals surface area contributed by atoms with E-state index in [4.69, 9.17) is 0 Å². The van der Waals surface area contributed by atoms with Crippen LogP contribution >= 0.6 is 0 Å². The van der Waals surface area contributed by atoms with Gasteiger partial charge in [0.1, 0.15) is 0 Å². The number of piperidine rings is 1. The largest absolute Gasteiger partial charge is 0.450 e. The summed E-state index contributed by atoms with van der Waals surface area (Å²) >= 11 is 0. The number of nitrogens with one attached hydrogen (secondary N) is 1. The van der Waals surface area contributed by atoms with E-state index in [1.54, 1.807) is 0 Å². The van der Waals surface area contributed by atoms with Crippen molar-refractivity contribution in [2.75, 3.05) is 13.1 Å². The second-order valence-corrected chi connectivity index (χ2v) is 3.51. The molecule has 2 atom stereocenters. The number of carbonyl (C=O) groups is 1. The van der Waals surface area contributed by atoms with E-state index in [1.807, 2.05) is 0 Å². The highest BCUT2D eigenvalue weighted by Crippen LogP contribution is 2.57. The Kier molecular flexibility index (Phi) is 1.35. The third-order valence-electron chi connectivity index (χ3n) is 2.77. The molecule has 2 unspecified atom stereocenters. The molecule has 2 nitrogen and oxygen atoms in total. The molecule has 1 aliphatic carbocycles. The molecule has 5 heteroatoms. The number of ketones is 1. The summed E-state index contributed by atoms with van der Waals surface area (Å²) in [6.07, 6.45) is -4.24. The van der Waals surface area contributed by atoms with Crippen molar-refractivity contribution in [2.45, 2.75) is 12.6 Å². The first-order valence-electron chi connectivity index (χ1n) is 3.79. The zero-order valence-corrected chi connectivity index (χ0v) is 6.24. The van der Waals surface area contributed by atoms with Crippen molar-refractivity contribution in [3.05, 3.63) is 0 Å². The number of rotatable bonds is 1. The Hall–Kier alpha value is -0.580. The maximum atomic E-state index is 12.0. The Morgan fingerprint density at radius 1 is 1.50 bits per heavy atom. The van der Waals surface area contributed by atoms with Crippen LogP contribution in [0.2, 0.25) is 0 Å². The van der Waals surface area contributed by atoms with E-state index in [0.717, 1.165) is 0 Å². The van der Waals surface area contributed by atoms with Crippen molar-refractivity contribution in [2.24, 2.45) is 11.3 Å². The number of halogens is 3. The molecule has 12 heavy (non-hydrogen) atoms. The summed E-state index contributed by atoms with van der Waals surface area (Å²) in [5.41, 5.74) is -1.07. The van der Waals surface area contributed by atoms with E-state index in [1.165, 1.54) is 0 Å². The maximum Gasteiger partial charge on any atom is 0.450 e. The van der Waals surface area contributed by atoms with Crippen molar-refractivity contribution in [3.8, 4) is 0 Å². The topological polar surface area (TPSA) is 29.1 Å². The summed E-state index contributed by atoms with van der Waals surface area (Å²) < 4.78 is 36.0. The van der Waals surface area contributed by atoms with Crippen LogP contribution in [-0.2, 0) is 4.79 Å². The Bertz CT molecular complexity index is 237. The second-order valence-electron chi connectivity index (χ2n) is 3.51. The molecule has 0 aromatic rings. The van der Waals surface area contributed by atoms with Crippen LogP contribution in [0.15, 0.2) is 0 Å². The lowest BCUT2D eigenvalue weighted by Gasteiger charge is -2.12. The predicted octanol–water partition coefficient (Wildman–Crippen LogP) is 0.727. The van der Waals surface area contributed by atoms with Gasteiger partial charge in [0.05, 0.1) is 5.41 Å². The molecular formula is C7H8F3NO. The van der Waals surface area contributed by atoms with Gasteiger partial charge in [-0.1, -0.05) is 0 Å². The molecule has 1 heterocycles. The van der Waals surface area contributed by atoms with Crippen LogP contribution in [-0.4, -0.2) is 25.0 Å². The molecule has 0 bridgehead atoms. The summed E-state index contributed by atoms with van der Waals surface area (Å²) in [7, 11) is 0. The smallest absolute Gasteiger partial charge is 0.315 e. The molecule has 1 saturated carbocycles. The van der Waals surface area contributed by atoms with Crippen LogP contribution < -0.4 is 5.32 Å². The van der Waals surface area contributed by atoms with Gasteiger partial charge >= 0.3 is 6.18 Å².